The average molecular weight is 373 g/mol. The molecule has 0 amide bonds. The van der Waals surface area contributed by atoms with Gasteiger partial charge in [-0.05, 0) is 71.8 Å². The van der Waals surface area contributed by atoms with Crippen LogP contribution >= 0.6 is 0 Å². The number of hydrogen-bond acceptors (Lipinski definition) is 3. The number of ether oxygens (including phenoxy) is 2. The summed E-state index contributed by atoms with van der Waals surface area (Å²) in [4.78, 5) is 0. The van der Waals surface area contributed by atoms with E-state index in [4.69, 9.17) is 9.47 Å². The van der Waals surface area contributed by atoms with E-state index >= 15 is 0 Å². The highest BCUT2D eigenvalue weighted by molar-refractivity contribution is 5.50. The Labute approximate surface area is 167 Å². The van der Waals surface area contributed by atoms with Crippen LogP contribution in [-0.4, -0.2) is 13.7 Å². The molecule has 3 heteroatoms. The second-order valence-electron chi connectivity index (χ2n) is 7.38. The number of nitrogens with one attached hydrogen (secondary N) is 1. The van der Waals surface area contributed by atoms with E-state index < -0.39 is 0 Å². The lowest BCUT2D eigenvalue weighted by atomic mass is 9.86. The minimum absolute atomic E-state index is 0.205. The molecule has 0 fully saturated rings. The van der Waals surface area contributed by atoms with Gasteiger partial charge in [-0.15, -0.1) is 0 Å². The second-order valence-corrected chi connectivity index (χ2v) is 7.38. The molecule has 1 atom stereocenters. The quantitative estimate of drug-likeness (QED) is 0.673. The van der Waals surface area contributed by atoms with Crippen LogP contribution in [0.2, 0.25) is 0 Å². The van der Waals surface area contributed by atoms with Crippen molar-refractivity contribution in [2.75, 3.05) is 13.7 Å². The molecular formula is C25H27NO2. The SMILES string of the molecule is COc1ccc(C2NCCc3cc(OCc4ccccc4)ccc32)c(C)c1C. The van der Waals surface area contributed by atoms with Crippen molar-refractivity contribution in [3.63, 3.8) is 0 Å². The van der Waals surface area contributed by atoms with Crippen molar-refractivity contribution in [1.29, 1.82) is 0 Å². The third-order valence-corrected chi connectivity index (χ3v) is 5.73. The molecule has 3 aromatic rings. The van der Waals surface area contributed by atoms with Crippen LogP contribution in [0.3, 0.4) is 0 Å². The van der Waals surface area contributed by atoms with Gasteiger partial charge in [0.15, 0.2) is 0 Å². The molecule has 1 N–H and O–H groups in total. The van der Waals surface area contributed by atoms with Gasteiger partial charge < -0.3 is 14.8 Å². The van der Waals surface area contributed by atoms with Gasteiger partial charge in [0.2, 0.25) is 0 Å². The third kappa shape index (κ3) is 3.63. The van der Waals surface area contributed by atoms with Crippen molar-refractivity contribution in [3.8, 4) is 11.5 Å². The van der Waals surface area contributed by atoms with Crippen LogP contribution < -0.4 is 14.8 Å². The lowest BCUT2D eigenvalue weighted by Gasteiger charge is -2.29. The van der Waals surface area contributed by atoms with Crippen LogP contribution in [0.1, 0.15) is 39.4 Å². The molecule has 4 rings (SSSR count). The maximum Gasteiger partial charge on any atom is 0.122 e. The van der Waals surface area contributed by atoms with E-state index in [0.717, 1.165) is 24.5 Å². The summed E-state index contributed by atoms with van der Waals surface area (Å²) in [5, 5.41) is 3.69. The molecule has 3 aromatic carbocycles. The van der Waals surface area contributed by atoms with Gasteiger partial charge in [0.05, 0.1) is 13.2 Å². The Morgan fingerprint density at radius 3 is 2.50 bits per heavy atom. The Morgan fingerprint density at radius 2 is 1.71 bits per heavy atom. The van der Waals surface area contributed by atoms with Gasteiger partial charge in [0.1, 0.15) is 18.1 Å². The fraction of sp³-hybridized carbons (Fsp3) is 0.280. The summed E-state index contributed by atoms with van der Waals surface area (Å²) in [5.41, 5.74) is 7.69. The molecule has 0 spiro atoms. The molecule has 0 saturated carbocycles. The molecule has 0 bridgehead atoms. The van der Waals surface area contributed by atoms with Gasteiger partial charge in [-0.25, -0.2) is 0 Å². The van der Waals surface area contributed by atoms with Crippen molar-refractivity contribution in [2.24, 2.45) is 0 Å². The van der Waals surface area contributed by atoms with E-state index in [9.17, 15) is 0 Å². The summed E-state index contributed by atoms with van der Waals surface area (Å²) in [6.07, 6.45) is 1.02. The normalized spacial score (nSPS) is 15.8. The highest BCUT2D eigenvalue weighted by atomic mass is 16.5. The molecular weight excluding hydrogens is 346 g/mol. The third-order valence-electron chi connectivity index (χ3n) is 5.73. The van der Waals surface area contributed by atoms with Crippen LogP contribution in [0.15, 0.2) is 60.7 Å². The standard InChI is InChI=1S/C25H27NO2/c1-17-18(2)24(27-3)12-11-22(17)25-23-10-9-21(15-20(23)13-14-26-25)28-16-19-7-5-4-6-8-19/h4-12,15,25-26H,13-14,16H2,1-3H3. The molecule has 0 aliphatic carbocycles. The van der Waals surface area contributed by atoms with E-state index in [-0.39, 0.29) is 6.04 Å². The van der Waals surface area contributed by atoms with Gasteiger partial charge in [0.25, 0.3) is 0 Å². The van der Waals surface area contributed by atoms with Crippen molar-refractivity contribution in [3.05, 3.63) is 94.0 Å². The molecule has 28 heavy (non-hydrogen) atoms. The smallest absolute Gasteiger partial charge is 0.122 e. The van der Waals surface area contributed by atoms with Crippen molar-refractivity contribution >= 4 is 0 Å². The molecule has 144 valence electrons. The molecule has 3 nitrogen and oxygen atoms in total. The Balaban J connectivity index is 1.59. The van der Waals surface area contributed by atoms with Crippen molar-refractivity contribution in [2.45, 2.75) is 32.9 Å². The average Bonchev–Trinajstić information content (AvgIpc) is 2.74. The van der Waals surface area contributed by atoms with E-state index in [1.54, 1.807) is 7.11 Å². The molecule has 0 radical (unpaired) electrons. The number of rotatable bonds is 5. The Hall–Kier alpha value is -2.78. The van der Waals surface area contributed by atoms with Crippen LogP contribution in [0, 0.1) is 13.8 Å². The predicted molar refractivity (Wildman–Crippen MR) is 113 cm³/mol. The number of methoxy groups -OCH3 is 1. The fourth-order valence-corrected chi connectivity index (χ4v) is 4.00. The van der Waals surface area contributed by atoms with Crippen molar-refractivity contribution < 1.29 is 9.47 Å². The molecule has 0 aromatic heterocycles. The van der Waals surface area contributed by atoms with Crippen LogP contribution in [0.5, 0.6) is 11.5 Å². The van der Waals surface area contributed by atoms with Gasteiger partial charge in [-0.3, -0.25) is 0 Å². The lowest BCUT2D eigenvalue weighted by molar-refractivity contribution is 0.305. The molecule has 1 heterocycles. The molecule has 1 unspecified atom stereocenters. The largest absolute Gasteiger partial charge is 0.496 e. The monoisotopic (exact) mass is 373 g/mol. The highest BCUT2D eigenvalue weighted by Gasteiger charge is 2.24. The van der Waals surface area contributed by atoms with E-state index in [1.807, 2.05) is 18.2 Å². The summed E-state index contributed by atoms with van der Waals surface area (Å²) in [6, 6.07) is 21.3. The summed E-state index contributed by atoms with van der Waals surface area (Å²) >= 11 is 0. The lowest BCUT2D eigenvalue weighted by Crippen LogP contribution is -2.31. The van der Waals surface area contributed by atoms with Crippen LogP contribution in [0.25, 0.3) is 0 Å². The summed E-state index contributed by atoms with van der Waals surface area (Å²) < 4.78 is 11.5. The Kier molecular flexibility index (Phi) is 5.36. The first-order chi connectivity index (χ1) is 13.7. The highest BCUT2D eigenvalue weighted by Crippen LogP contribution is 2.35. The van der Waals surface area contributed by atoms with E-state index in [0.29, 0.717) is 6.61 Å². The van der Waals surface area contributed by atoms with E-state index in [1.165, 1.54) is 33.4 Å². The molecule has 1 aliphatic rings. The van der Waals surface area contributed by atoms with Crippen molar-refractivity contribution in [1.82, 2.24) is 5.32 Å². The van der Waals surface area contributed by atoms with Gasteiger partial charge in [-0.2, -0.15) is 0 Å². The Morgan fingerprint density at radius 1 is 0.929 bits per heavy atom. The molecule has 0 saturated heterocycles. The Bertz CT molecular complexity index is 966. The second kappa shape index (κ2) is 8.07. The minimum Gasteiger partial charge on any atom is -0.496 e. The topological polar surface area (TPSA) is 30.5 Å². The summed E-state index contributed by atoms with van der Waals surface area (Å²) in [5.74, 6) is 1.88. The first-order valence-electron chi connectivity index (χ1n) is 9.84. The summed E-state index contributed by atoms with van der Waals surface area (Å²) in [6.45, 7) is 5.87. The zero-order valence-corrected chi connectivity index (χ0v) is 16.8. The fourth-order valence-electron chi connectivity index (χ4n) is 4.00. The van der Waals surface area contributed by atoms with Crippen LogP contribution in [0.4, 0.5) is 0 Å². The maximum absolute atomic E-state index is 6.04. The molecule has 1 aliphatic heterocycles. The number of fused-ring (bicyclic) bond motifs is 1. The van der Waals surface area contributed by atoms with Gasteiger partial charge in [0, 0.05) is 6.54 Å². The van der Waals surface area contributed by atoms with Crippen LogP contribution in [-0.2, 0) is 13.0 Å². The van der Waals surface area contributed by atoms with E-state index in [2.05, 4.69) is 61.6 Å². The zero-order chi connectivity index (χ0) is 19.5. The predicted octanol–water partition coefficient (Wildman–Crippen LogP) is 5.13. The number of benzene rings is 3. The first-order valence-corrected chi connectivity index (χ1v) is 9.84. The number of hydrogen-bond donors (Lipinski definition) is 1. The minimum atomic E-state index is 0.205. The maximum atomic E-state index is 6.04. The first kappa shape index (κ1) is 18.6. The van der Waals surface area contributed by atoms with Gasteiger partial charge in [-0.1, -0.05) is 42.5 Å². The summed E-state index contributed by atoms with van der Waals surface area (Å²) in [7, 11) is 1.73. The zero-order valence-electron chi connectivity index (χ0n) is 16.8. The van der Waals surface area contributed by atoms with Gasteiger partial charge >= 0.3 is 0 Å².